The Hall–Kier alpha value is -0.900. The molecule has 0 aliphatic heterocycles. The molecule has 1 heterocycles. The van der Waals surface area contributed by atoms with Crippen LogP contribution in [0.25, 0.3) is 0 Å². The number of hydrogen-bond acceptors (Lipinski definition) is 4. The number of rotatable bonds is 3. The highest BCUT2D eigenvalue weighted by atomic mass is 16.5. The first-order valence-electron chi connectivity index (χ1n) is 6.01. The van der Waals surface area contributed by atoms with Gasteiger partial charge in [-0.25, -0.2) is 0 Å². The summed E-state index contributed by atoms with van der Waals surface area (Å²) in [4.78, 5) is 4.48. The lowest BCUT2D eigenvalue weighted by molar-refractivity contribution is 0.297. The summed E-state index contributed by atoms with van der Waals surface area (Å²) in [6, 6.07) is 0. The van der Waals surface area contributed by atoms with Gasteiger partial charge in [0.1, 0.15) is 0 Å². The standard InChI is InChI=1S/C12H21N3O/c1-5-12(13,8-6-7-8)9-14-10(16-15-9)11(2,3)4/h8H,5-7,13H2,1-4H3. The van der Waals surface area contributed by atoms with E-state index in [1.165, 1.54) is 12.8 Å². The second-order valence-electron chi connectivity index (χ2n) is 5.84. The van der Waals surface area contributed by atoms with E-state index in [1.807, 2.05) is 0 Å². The maximum absolute atomic E-state index is 6.40. The first-order chi connectivity index (χ1) is 7.38. The summed E-state index contributed by atoms with van der Waals surface area (Å²) in [7, 11) is 0. The zero-order valence-electron chi connectivity index (χ0n) is 10.6. The fraction of sp³-hybridized carbons (Fsp3) is 0.833. The van der Waals surface area contributed by atoms with Crippen molar-refractivity contribution >= 4 is 0 Å². The third-order valence-corrected chi connectivity index (χ3v) is 3.37. The van der Waals surface area contributed by atoms with E-state index in [-0.39, 0.29) is 11.0 Å². The van der Waals surface area contributed by atoms with E-state index in [4.69, 9.17) is 10.3 Å². The Kier molecular flexibility index (Phi) is 2.57. The highest BCUT2D eigenvalue weighted by molar-refractivity contribution is 5.12. The molecule has 1 atom stereocenters. The molecule has 1 aliphatic carbocycles. The van der Waals surface area contributed by atoms with Gasteiger partial charge in [-0.15, -0.1) is 0 Å². The lowest BCUT2D eigenvalue weighted by Crippen LogP contribution is -2.39. The van der Waals surface area contributed by atoms with Gasteiger partial charge in [0.25, 0.3) is 0 Å². The van der Waals surface area contributed by atoms with Crippen LogP contribution < -0.4 is 5.73 Å². The number of nitrogens with zero attached hydrogens (tertiary/aromatic N) is 2. The fourth-order valence-corrected chi connectivity index (χ4v) is 1.94. The quantitative estimate of drug-likeness (QED) is 0.854. The summed E-state index contributed by atoms with van der Waals surface area (Å²) in [6.45, 7) is 8.27. The van der Waals surface area contributed by atoms with Crippen LogP contribution in [0, 0.1) is 5.92 Å². The first-order valence-corrected chi connectivity index (χ1v) is 6.01. The van der Waals surface area contributed by atoms with Crippen LogP contribution in [0.2, 0.25) is 0 Å². The first kappa shape index (κ1) is 11.6. The Labute approximate surface area is 96.6 Å². The highest BCUT2D eigenvalue weighted by Crippen LogP contribution is 2.45. The van der Waals surface area contributed by atoms with Gasteiger partial charge in [0.15, 0.2) is 5.82 Å². The van der Waals surface area contributed by atoms with Gasteiger partial charge in [0, 0.05) is 5.41 Å². The molecule has 1 aliphatic rings. The Bertz CT molecular complexity index is 376. The van der Waals surface area contributed by atoms with Gasteiger partial charge in [-0.05, 0) is 25.2 Å². The summed E-state index contributed by atoms with van der Waals surface area (Å²) in [5.41, 5.74) is 5.91. The van der Waals surface area contributed by atoms with Crippen LogP contribution in [0.4, 0.5) is 0 Å². The van der Waals surface area contributed by atoms with Gasteiger partial charge in [-0.2, -0.15) is 4.98 Å². The lowest BCUT2D eigenvalue weighted by Gasteiger charge is -2.23. The van der Waals surface area contributed by atoms with Gasteiger partial charge >= 0.3 is 0 Å². The molecule has 1 saturated carbocycles. The molecule has 0 amide bonds. The second-order valence-corrected chi connectivity index (χ2v) is 5.84. The molecule has 90 valence electrons. The van der Waals surface area contributed by atoms with Gasteiger partial charge in [0.2, 0.25) is 5.89 Å². The van der Waals surface area contributed by atoms with E-state index < -0.39 is 0 Å². The summed E-state index contributed by atoms with van der Waals surface area (Å²) in [5, 5.41) is 4.08. The molecule has 0 spiro atoms. The van der Waals surface area contributed by atoms with Gasteiger partial charge in [-0.1, -0.05) is 32.9 Å². The van der Waals surface area contributed by atoms with Crippen LogP contribution in [0.15, 0.2) is 4.52 Å². The molecule has 16 heavy (non-hydrogen) atoms. The highest BCUT2D eigenvalue weighted by Gasteiger charge is 2.45. The summed E-state index contributed by atoms with van der Waals surface area (Å²) >= 11 is 0. The van der Waals surface area contributed by atoms with E-state index in [1.54, 1.807) is 0 Å². The van der Waals surface area contributed by atoms with Crippen molar-refractivity contribution in [2.24, 2.45) is 11.7 Å². The Morgan fingerprint density at radius 1 is 1.38 bits per heavy atom. The van der Waals surface area contributed by atoms with Crippen molar-refractivity contribution < 1.29 is 4.52 Å². The normalized spacial score (nSPS) is 20.8. The van der Waals surface area contributed by atoms with Crippen LogP contribution in [-0.4, -0.2) is 10.1 Å². The molecule has 1 aromatic heterocycles. The molecular formula is C12H21N3O. The van der Waals surface area contributed by atoms with E-state index in [0.29, 0.717) is 17.6 Å². The summed E-state index contributed by atoms with van der Waals surface area (Å²) in [6.07, 6.45) is 3.23. The minimum absolute atomic E-state index is 0.108. The number of nitrogens with two attached hydrogens (primary N) is 1. The topological polar surface area (TPSA) is 64.9 Å². The van der Waals surface area contributed by atoms with Crippen LogP contribution >= 0.6 is 0 Å². The van der Waals surface area contributed by atoms with Gasteiger partial charge in [0.05, 0.1) is 5.54 Å². The van der Waals surface area contributed by atoms with E-state index >= 15 is 0 Å². The molecule has 1 fully saturated rings. The molecule has 0 saturated heterocycles. The maximum atomic E-state index is 6.40. The molecule has 2 N–H and O–H groups in total. The smallest absolute Gasteiger partial charge is 0.232 e. The molecule has 4 heteroatoms. The van der Waals surface area contributed by atoms with Crippen molar-refractivity contribution in [2.75, 3.05) is 0 Å². The van der Waals surface area contributed by atoms with Crippen LogP contribution in [0.5, 0.6) is 0 Å². The molecular weight excluding hydrogens is 202 g/mol. The summed E-state index contributed by atoms with van der Waals surface area (Å²) in [5.74, 6) is 1.89. The summed E-state index contributed by atoms with van der Waals surface area (Å²) < 4.78 is 5.31. The minimum atomic E-state index is -0.382. The molecule has 0 bridgehead atoms. The van der Waals surface area contributed by atoms with Gasteiger partial charge < -0.3 is 10.3 Å². The monoisotopic (exact) mass is 223 g/mol. The minimum Gasteiger partial charge on any atom is -0.339 e. The van der Waals surface area contributed by atoms with Crippen molar-refractivity contribution in [2.45, 2.75) is 57.9 Å². The maximum Gasteiger partial charge on any atom is 0.232 e. The average Bonchev–Trinajstić information content (AvgIpc) is 2.92. The fourth-order valence-electron chi connectivity index (χ4n) is 1.94. The second kappa shape index (κ2) is 3.55. The largest absolute Gasteiger partial charge is 0.339 e. The molecule has 2 rings (SSSR count). The van der Waals surface area contributed by atoms with Crippen molar-refractivity contribution in [3.05, 3.63) is 11.7 Å². The number of aromatic nitrogens is 2. The van der Waals surface area contributed by atoms with E-state index in [2.05, 4.69) is 37.8 Å². The third kappa shape index (κ3) is 1.86. The predicted octanol–water partition coefficient (Wildman–Crippen LogP) is 2.34. The SMILES string of the molecule is CCC(N)(c1noc(C(C)(C)C)n1)C1CC1. The Morgan fingerprint density at radius 3 is 2.38 bits per heavy atom. The molecule has 0 aromatic carbocycles. The van der Waals surface area contributed by atoms with Crippen LogP contribution in [0.3, 0.4) is 0 Å². The van der Waals surface area contributed by atoms with Crippen LogP contribution in [0.1, 0.15) is 58.7 Å². The lowest BCUT2D eigenvalue weighted by atomic mass is 9.90. The Morgan fingerprint density at radius 2 is 2.00 bits per heavy atom. The molecule has 0 radical (unpaired) electrons. The average molecular weight is 223 g/mol. The zero-order valence-corrected chi connectivity index (χ0v) is 10.6. The van der Waals surface area contributed by atoms with Crippen molar-refractivity contribution in [1.82, 2.24) is 10.1 Å². The Balaban J connectivity index is 2.30. The zero-order chi connectivity index (χ0) is 12.0. The van der Waals surface area contributed by atoms with E-state index in [0.717, 1.165) is 6.42 Å². The van der Waals surface area contributed by atoms with Crippen molar-refractivity contribution in [3.8, 4) is 0 Å². The molecule has 4 nitrogen and oxygen atoms in total. The van der Waals surface area contributed by atoms with Gasteiger partial charge in [-0.3, -0.25) is 0 Å². The number of hydrogen-bond donors (Lipinski definition) is 1. The van der Waals surface area contributed by atoms with Crippen LogP contribution in [-0.2, 0) is 11.0 Å². The third-order valence-electron chi connectivity index (χ3n) is 3.37. The van der Waals surface area contributed by atoms with Crippen molar-refractivity contribution in [3.63, 3.8) is 0 Å². The van der Waals surface area contributed by atoms with E-state index in [9.17, 15) is 0 Å². The predicted molar refractivity (Wildman–Crippen MR) is 61.9 cm³/mol. The van der Waals surface area contributed by atoms with Crippen molar-refractivity contribution in [1.29, 1.82) is 0 Å². The molecule has 1 aromatic rings. The molecule has 1 unspecified atom stereocenters.